The van der Waals surface area contributed by atoms with Crippen molar-refractivity contribution in [3.8, 4) is 44.5 Å². The summed E-state index contributed by atoms with van der Waals surface area (Å²) < 4.78 is 1.41. The lowest BCUT2D eigenvalue weighted by Gasteiger charge is -2.44. The molecule has 0 radical (unpaired) electrons. The zero-order chi connectivity index (χ0) is 50.5. The summed E-state index contributed by atoms with van der Waals surface area (Å²) in [5.74, 6) is 0.379. The van der Waals surface area contributed by atoms with Gasteiger partial charge in [0.25, 0.3) is 6.71 Å². The van der Waals surface area contributed by atoms with Crippen molar-refractivity contribution in [3.05, 3.63) is 278 Å². The zero-order valence-electron chi connectivity index (χ0n) is 43.2. The van der Waals surface area contributed by atoms with E-state index in [0.717, 1.165) is 0 Å². The Bertz CT molecular complexity index is 4290. The number of rotatable bonds is 3. The van der Waals surface area contributed by atoms with Crippen LogP contribution in [-0.4, -0.2) is 6.71 Å². The molecule has 76 heavy (non-hydrogen) atoms. The van der Waals surface area contributed by atoms with Gasteiger partial charge in [-0.1, -0.05) is 195 Å². The van der Waals surface area contributed by atoms with E-state index >= 15 is 0 Å². The van der Waals surface area contributed by atoms with Crippen LogP contribution in [0.15, 0.2) is 212 Å². The van der Waals surface area contributed by atoms with Crippen molar-refractivity contribution < 1.29 is 0 Å². The van der Waals surface area contributed by atoms with Gasteiger partial charge in [0.05, 0.1) is 16.5 Å². The Morgan fingerprint density at radius 1 is 0.395 bits per heavy atom. The number of thiophene rings is 1. The van der Waals surface area contributed by atoms with Crippen molar-refractivity contribution >= 4 is 67.9 Å². The van der Waals surface area contributed by atoms with Crippen LogP contribution in [0.3, 0.4) is 0 Å². The molecule has 17 rings (SSSR count). The molecule has 0 unspecified atom stereocenters. The molecule has 10 aromatic carbocycles. The summed E-state index contributed by atoms with van der Waals surface area (Å²) in [6, 6.07) is 82.8. The number of nitrogens with zero attached hydrogens (tertiary/aromatic N) is 2. The fraction of sp³-hybridized carbons (Fsp3) is 0.111. The minimum absolute atomic E-state index is 0.0742. The summed E-state index contributed by atoms with van der Waals surface area (Å²) in [5.41, 5.74) is 34.6. The maximum Gasteiger partial charge on any atom is 0.264 e. The SMILES string of the molecule is Cc1ccc(N2c3cc4c(cc3B3c5sc6c(c5N(c5ccc(C)cc5)c5cc(C)cc2c53)-c2ccc(C(C)C)cc2C62c3ccccc3-c3ccccc32)C2(c3ccccc3-c3ccccc32)c2ccccc2-4)cc1. The zero-order valence-corrected chi connectivity index (χ0v) is 44.0. The van der Waals surface area contributed by atoms with Crippen molar-refractivity contribution in [2.24, 2.45) is 0 Å². The third-order valence-corrected chi connectivity index (χ3v) is 19.8. The van der Waals surface area contributed by atoms with Gasteiger partial charge in [0.1, 0.15) is 0 Å². The highest BCUT2D eigenvalue weighted by molar-refractivity contribution is 7.30. The third kappa shape index (κ3) is 5.10. The fourth-order valence-corrected chi connectivity index (χ4v) is 17.0. The largest absolute Gasteiger partial charge is 0.311 e. The molecule has 11 aromatic rings. The van der Waals surface area contributed by atoms with Crippen LogP contribution in [0.5, 0.6) is 0 Å². The standard InChI is InChI=1S/C72H51BN2S/c1-41(2)45-30-35-53-60(38-45)72(58-24-14-8-18-50(58)51-19-9-15-25-59(51)72)69-66(53)68-70(76-69)73-62-40-61-54(52-20-10-13-23-57(52)71(61)55-21-11-6-16-48(55)49-17-7-12-22-56(49)71)39-63(62)74(46-31-26-42(3)27-32-46)64-36-44(5)37-65(67(64)73)75(68)47-33-28-43(4)29-34-47/h6-41H,1-5H3. The molecule has 1 aromatic heterocycles. The third-order valence-electron chi connectivity index (χ3n) is 18.4. The molecule has 0 saturated heterocycles. The van der Waals surface area contributed by atoms with Crippen molar-refractivity contribution in [3.63, 3.8) is 0 Å². The Morgan fingerprint density at radius 2 is 0.855 bits per heavy atom. The molecule has 0 bridgehead atoms. The van der Waals surface area contributed by atoms with E-state index in [2.05, 4.69) is 268 Å². The first-order valence-corrected chi connectivity index (χ1v) is 28.0. The van der Waals surface area contributed by atoms with Crippen LogP contribution < -0.4 is 25.5 Å². The molecule has 4 aliphatic carbocycles. The van der Waals surface area contributed by atoms with Crippen molar-refractivity contribution in [2.75, 3.05) is 9.80 Å². The molecule has 4 heteroatoms. The number of fused-ring (bicyclic) bond motifs is 25. The average Bonchev–Trinajstić information content (AvgIpc) is 4.15. The maximum absolute atomic E-state index is 2.71. The Balaban J connectivity index is 1.04. The highest BCUT2D eigenvalue weighted by Crippen LogP contribution is 2.68. The van der Waals surface area contributed by atoms with Crippen molar-refractivity contribution in [1.29, 1.82) is 0 Å². The first-order chi connectivity index (χ1) is 37.3. The van der Waals surface area contributed by atoms with Gasteiger partial charge in [-0.3, -0.25) is 0 Å². The van der Waals surface area contributed by atoms with E-state index in [-0.39, 0.29) is 6.71 Å². The summed E-state index contributed by atoms with van der Waals surface area (Å²) >= 11 is 2.09. The smallest absolute Gasteiger partial charge is 0.264 e. The Kier molecular flexibility index (Phi) is 8.41. The predicted molar refractivity (Wildman–Crippen MR) is 319 cm³/mol. The minimum Gasteiger partial charge on any atom is -0.311 e. The molecule has 0 saturated carbocycles. The van der Waals surface area contributed by atoms with Gasteiger partial charge in [-0.2, -0.15) is 0 Å². The monoisotopic (exact) mass is 986 g/mol. The first kappa shape index (κ1) is 42.9. The summed E-state index contributed by atoms with van der Waals surface area (Å²) in [7, 11) is 0. The quantitative estimate of drug-likeness (QED) is 0.163. The molecular formula is C72H51BN2S. The summed E-state index contributed by atoms with van der Waals surface area (Å²) in [6.07, 6.45) is 0. The van der Waals surface area contributed by atoms with Crippen LogP contribution in [0.1, 0.15) is 85.8 Å². The molecule has 358 valence electrons. The summed E-state index contributed by atoms with van der Waals surface area (Å²) in [4.78, 5) is 6.74. The normalized spacial score (nSPS) is 15.2. The first-order valence-electron chi connectivity index (χ1n) is 27.1. The highest BCUT2D eigenvalue weighted by atomic mass is 32.1. The number of hydrogen-bond donors (Lipinski definition) is 0. The van der Waals surface area contributed by atoms with E-state index in [1.165, 1.54) is 160 Å². The Labute approximate surface area is 449 Å². The van der Waals surface area contributed by atoms with Gasteiger partial charge >= 0.3 is 0 Å². The van der Waals surface area contributed by atoms with Gasteiger partial charge in [0.2, 0.25) is 0 Å². The molecule has 3 heterocycles. The van der Waals surface area contributed by atoms with Crippen LogP contribution in [0.4, 0.5) is 34.1 Å². The molecular weight excluding hydrogens is 936 g/mol. The van der Waals surface area contributed by atoms with Crippen LogP contribution >= 0.6 is 11.3 Å². The predicted octanol–water partition coefficient (Wildman–Crippen LogP) is 16.6. The fourth-order valence-electron chi connectivity index (χ4n) is 15.3. The number of benzene rings is 10. The molecule has 0 amide bonds. The lowest BCUT2D eigenvalue weighted by atomic mass is 9.35. The van der Waals surface area contributed by atoms with E-state index in [1.54, 1.807) is 0 Å². The molecule has 0 atom stereocenters. The molecule has 0 fully saturated rings. The highest BCUT2D eigenvalue weighted by Gasteiger charge is 2.58. The summed E-state index contributed by atoms with van der Waals surface area (Å²) in [6.45, 7) is 11.3. The second-order valence-electron chi connectivity index (χ2n) is 22.7. The summed E-state index contributed by atoms with van der Waals surface area (Å²) in [5, 5.41) is 0. The van der Waals surface area contributed by atoms with Crippen molar-refractivity contribution in [1.82, 2.24) is 0 Å². The van der Waals surface area contributed by atoms with E-state index in [1.807, 2.05) is 0 Å². The van der Waals surface area contributed by atoms with E-state index < -0.39 is 10.8 Å². The molecule has 2 aliphatic heterocycles. The molecule has 2 spiro atoms. The van der Waals surface area contributed by atoms with Crippen LogP contribution in [0.25, 0.3) is 44.5 Å². The van der Waals surface area contributed by atoms with E-state index in [4.69, 9.17) is 0 Å². The second-order valence-corrected chi connectivity index (χ2v) is 23.7. The van der Waals surface area contributed by atoms with Gasteiger partial charge in [-0.15, -0.1) is 11.3 Å². The van der Waals surface area contributed by atoms with Gasteiger partial charge in [-0.25, -0.2) is 0 Å². The second kappa shape index (κ2) is 14.9. The average molecular weight is 987 g/mol. The minimum atomic E-state index is -0.499. The van der Waals surface area contributed by atoms with Crippen LogP contribution in [-0.2, 0) is 10.8 Å². The van der Waals surface area contributed by atoms with Gasteiger partial charge in [-0.05, 0) is 169 Å². The molecule has 0 N–H and O–H groups in total. The van der Waals surface area contributed by atoms with Gasteiger partial charge < -0.3 is 9.80 Å². The molecule has 2 nitrogen and oxygen atoms in total. The topological polar surface area (TPSA) is 6.48 Å². The Morgan fingerprint density at radius 3 is 1.38 bits per heavy atom. The number of aryl methyl sites for hydroxylation is 3. The molecule has 6 aliphatic rings. The number of hydrogen-bond acceptors (Lipinski definition) is 3. The lowest BCUT2D eigenvalue weighted by molar-refractivity contribution is 0.794. The number of anilines is 6. The Hall–Kier alpha value is -8.44. The van der Waals surface area contributed by atoms with Gasteiger partial charge in [0.15, 0.2) is 0 Å². The lowest BCUT2D eigenvalue weighted by Crippen LogP contribution is -2.60. The maximum atomic E-state index is 2.71. The van der Waals surface area contributed by atoms with E-state index in [9.17, 15) is 0 Å². The van der Waals surface area contributed by atoms with E-state index in [0.29, 0.717) is 5.92 Å². The van der Waals surface area contributed by atoms with Crippen LogP contribution in [0, 0.1) is 20.8 Å². The van der Waals surface area contributed by atoms with Crippen molar-refractivity contribution in [2.45, 2.75) is 51.4 Å². The van der Waals surface area contributed by atoms with Crippen LogP contribution in [0.2, 0.25) is 0 Å². The van der Waals surface area contributed by atoms with Gasteiger partial charge in [0, 0.05) is 43.7 Å².